The Balaban J connectivity index is 1.92. The molecule has 0 heterocycles. The summed E-state index contributed by atoms with van der Waals surface area (Å²) in [5, 5.41) is 10.0. The number of ketones is 2. The highest BCUT2D eigenvalue weighted by atomic mass is 16.3. The average molecular weight is 581 g/mol. The molecule has 0 aromatic heterocycles. The van der Waals surface area contributed by atoms with Gasteiger partial charge in [-0.1, -0.05) is 141 Å². The Morgan fingerprint density at radius 2 is 1.26 bits per heavy atom. The fourth-order valence-corrected chi connectivity index (χ4v) is 5.71. The van der Waals surface area contributed by atoms with E-state index in [1.165, 1.54) is 5.57 Å². The number of aliphatic hydroxyl groups is 1. The van der Waals surface area contributed by atoms with E-state index in [4.69, 9.17) is 0 Å². The predicted molar refractivity (Wildman–Crippen MR) is 183 cm³/mol. The Labute approximate surface area is 260 Å². The number of carbonyl (C=O) groups excluding carboxylic acids is 2. The predicted octanol–water partition coefficient (Wildman–Crippen LogP) is 9.79. The van der Waals surface area contributed by atoms with Crippen molar-refractivity contribution in [2.45, 2.75) is 88.2 Å². The third kappa shape index (κ3) is 11.2. The van der Waals surface area contributed by atoms with E-state index in [1.807, 2.05) is 43.4 Å². The lowest BCUT2D eigenvalue weighted by Crippen LogP contribution is -2.35. The van der Waals surface area contributed by atoms with Crippen LogP contribution in [0.3, 0.4) is 0 Å². The standard InChI is InChI=1S/C40H52O3/c1-28(17-13-19-30(3)21-23-35-32(5)25-34(41)26-39(35,7)8)15-11-12-16-29(2)18-14-20-31(4)22-24-36-33(6)38(43)37(42)27-40(36,9)10/h11-25,35,37,42H,26-27H2,1-10H3/b12-11+,17-13+,18-14+,23-21+,24-22+,28-15+,29-16+,30-19+,31-20+/t35-,37-/m0/s1. The summed E-state index contributed by atoms with van der Waals surface area (Å²) in [6, 6.07) is 0. The van der Waals surface area contributed by atoms with Gasteiger partial charge < -0.3 is 5.11 Å². The van der Waals surface area contributed by atoms with Crippen molar-refractivity contribution in [3.63, 3.8) is 0 Å². The first-order valence-electron chi connectivity index (χ1n) is 15.3. The van der Waals surface area contributed by atoms with Gasteiger partial charge in [0.1, 0.15) is 6.10 Å². The zero-order valence-electron chi connectivity index (χ0n) is 28.0. The van der Waals surface area contributed by atoms with Crippen LogP contribution in [0.25, 0.3) is 0 Å². The second-order valence-corrected chi connectivity index (χ2v) is 13.4. The first-order valence-corrected chi connectivity index (χ1v) is 15.3. The molecule has 43 heavy (non-hydrogen) atoms. The van der Waals surface area contributed by atoms with Gasteiger partial charge >= 0.3 is 0 Å². The molecule has 0 radical (unpaired) electrons. The van der Waals surface area contributed by atoms with Crippen molar-refractivity contribution in [1.29, 1.82) is 0 Å². The Bertz CT molecular complexity index is 1400. The van der Waals surface area contributed by atoms with Gasteiger partial charge in [0.2, 0.25) is 0 Å². The number of aliphatic hydroxyl groups excluding tert-OH is 1. The summed E-state index contributed by atoms with van der Waals surface area (Å²) in [5.41, 5.74) is 7.05. The lowest BCUT2D eigenvalue weighted by atomic mass is 9.68. The Morgan fingerprint density at radius 3 is 1.79 bits per heavy atom. The summed E-state index contributed by atoms with van der Waals surface area (Å²) in [4.78, 5) is 24.1. The van der Waals surface area contributed by atoms with E-state index in [1.54, 1.807) is 13.0 Å². The Morgan fingerprint density at radius 1 is 0.767 bits per heavy atom. The zero-order valence-corrected chi connectivity index (χ0v) is 28.0. The van der Waals surface area contributed by atoms with Gasteiger partial charge in [0, 0.05) is 12.3 Å². The van der Waals surface area contributed by atoms with E-state index in [0.717, 1.165) is 27.9 Å². The second kappa shape index (κ2) is 15.8. The molecular formula is C40H52O3. The van der Waals surface area contributed by atoms with Crippen LogP contribution in [0.2, 0.25) is 0 Å². The van der Waals surface area contributed by atoms with Crippen LogP contribution in [0.15, 0.2) is 130 Å². The van der Waals surface area contributed by atoms with Crippen molar-refractivity contribution in [2.24, 2.45) is 16.7 Å². The van der Waals surface area contributed by atoms with Crippen molar-refractivity contribution >= 4 is 11.6 Å². The maximum atomic E-state index is 12.2. The summed E-state index contributed by atoms with van der Waals surface area (Å²) >= 11 is 0. The van der Waals surface area contributed by atoms with Gasteiger partial charge in [0.25, 0.3) is 0 Å². The van der Waals surface area contributed by atoms with E-state index in [2.05, 4.69) is 104 Å². The first-order chi connectivity index (χ1) is 20.0. The molecule has 0 spiro atoms. The monoisotopic (exact) mass is 580 g/mol. The molecule has 1 N–H and O–H groups in total. The minimum absolute atomic E-state index is 0.0523. The van der Waals surface area contributed by atoms with Crippen molar-refractivity contribution < 1.29 is 14.7 Å². The van der Waals surface area contributed by atoms with E-state index in [0.29, 0.717) is 18.4 Å². The van der Waals surface area contributed by atoms with Gasteiger partial charge in [-0.2, -0.15) is 0 Å². The van der Waals surface area contributed by atoms with E-state index in [-0.39, 0.29) is 28.3 Å². The molecule has 2 aliphatic rings. The van der Waals surface area contributed by atoms with E-state index in [9.17, 15) is 14.7 Å². The molecule has 0 aromatic carbocycles. The number of carbonyl (C=O) groups is 2. The lowest BCUT2D eigenvalue weighted by Gasteiger charge is -2.35. The summed E-state index contributed by atoms with van der Waals surface area (Å²) in [6.07, 6.45) is 31.0. The van der Waals surface area contributed by atoms with Gasteiger partial charge in [-0.05, 0) is 76.0 Å². The molecule has 230 valence electrons. The fourth-order valence-electron chi connectivity index (χ4n) is 5.71. The highest BCUT2D eigenvalue weighted by molar-refractivity contribution is 6.00. The Hall–Kier alpha value is -3.56. The van der Waals surface area contributed by atoms with Gasteiger partial charge in [0.05, 0.1) is 0 Å². The summed E-state index contributed by atoms with van der Waals surface area (Å²) in [5.74, 6) is 0.334. The summed E-state index contributed by atoms with van der Waals surface area (Å²) < 4.78 is 0. The van der Waals surface area contributed by atoms with Crippen molar-refractivity contribution in [2.75, 3.05) is 0 Å². The largest absolute Gasteiger partial charge is 0.385 e. The molecule has 3 nitrogen and oxygen atoms in total. The molecule has 0 amide bonds. The first kappa shape index (κ1) is 35.6. The molecule has 0 aliphatic heterocycles. The number of hydrogen-bond donors (Lipinski definition) is 1. The molecule has 2 aliphatic carbocycles. The lowest BCUT2D eigenvalue weighted by molar-refractivity contribution is -0.125. The van der Waals surface area contributed by atoms with Crippen molar-refractivity contribution in [3.8, 4) is 0 Å². The Kier molecular flexibility index (Phi) is 13.1. The second-order valence-electron chi connectivity index (χ2n) is 13.4. The van der Waals surface area contributed by atoms with Crippen LogP contribution >= 0.6 is 0 Å². The maximum Gasteiger partial charge on any atom is 0.187 e. The smallest absolute Gasteiger partial charge is 0.187 e. The third-order valence-corrected chi connectivity index (χ3v) is 8.19. The molecule has 0 unspecified atom stereocenters. The zero-order chi connectivity index (χ0) is 32.4. The maximum absolute atomic E-state index is 12.2. The number of hydrogen-bond acceptors (Lipinski definition) is 3. The van der Waals surface area contributed by atoms with Crippen LogP contribution in [-0.2, 0) is 9.59 Å². The molecule has 0 fully saturated rings. The molecular weight excluding hydrogens is 528 g/mol. The fraction of sp³-hybridized carbons (Fsp3) is 0.400. The number of allylic oxidation sites excluding steroid dienone is 21. The van der Waals surface area contributed by atoms with Crippen LogP contribution in [0.4, 0.5) is 0 Å². The normalized spacial score (nSPS) is 24.6. The van der Waals surface area contributed by atoms with Gasteiger partial charge in [-0.25, -0.2) is 0 Å². The highest BCUT2D eigenvalue weighted by Crippen LogP contribution is 2.41. The van der Waals surface area contributed by atoms with Gasteiger partial charge in [0.15, 0.2) is 11.6 Å². The molecule has 2 atom stereocenters. The van der Waals surface area contributed by atoms with Crippen molar-refractivity contribution in [3.05, 3.63) is 130 Å². The molecule has 0 saturated carbocycles. The van der Waals surface area contributed by atoms with E-state index < -0.39 is 6.10 Å². The molecule has 0 saturated heterocycles. The van der Waals surface area contributed by atoms with E-state index >= 15 is 0 Å². The third-order valence-electron chi connectivity index (χ3n) is 8.19. The minimum Gasteiger partial charge on any atom is -0.385 e. The SMILES string of the molecule is CC1=CC(=O)CC(C)(C)[C@H]1/C=C/C(C)=C/C=C/C(C)=C/C=C/C=C(C)/C=C/C=C(C)/C=C/C1=C(C)C(=O)[C@@H](O)CC1(C)C. The van der Waals surface area contributed by atoms with Gasteiger partial charge in [-0.15, -0.1) is 0 Å². The summed E-state index contributed by atoms with van der Waals surface area (Å²) in [7, 11) is 0. The van der Waals surface area contributed by atoms with Crippen LogP contribution in [0.5, 0.6) is 0 Å². The molecule has 3 heteroatoms. The van der Waals surface area contributed by atoms with Crippen LogP contribution in [-0.4, -0.2) is 22.8 Å². The van der Waals surface area contributed by atoms with Crippen molar-refractivity contribution in [1.82, 2.24) is 0 Å². The number of rotatable bonds is 10. The van der Waals surface area contributed by atoms with Crippen LogP contribution in [0, 0.1) is 16.7 Å². The van der Waals surface area contributed by atoms with Gasteiger partial charge in [-0.3, -0.25) is 9.59 Å². The van der Waals surface area contributed by atoms with Crippen LogP contribution in [0.1, 0.15) is 82.1 Å². The molecule has 2 rings (SSSR count). The molecule has 0 bridgehead atoms. The minimum atomic E-state index is -0.900. The summed E-state index contributed by atoms with van der Waals surface area (Å²) in [6.45, 7) is 20.6. The number of Topliss-reactive ketones (excluding diaryl/α,β-unsaturated/α-hetero) is 1. The highest BCUT2D eigenvalue weighted by Gasteiger charge is 2.36. The topological polar surface area (TPSA) is 54.4 Å². The van der Waals surface area contributed by atoms with Crippen LogP contribution < -0.4 is 0 Å². The average Bonchev–Trinajstić information content (AvgIpc) is 2.88. The quantitative estimate of drug-likeness (QED) is 0.262. The molecule has 0 aromatic rings.